The summed E-state index contributed by atoms with van der Waals surface area (Å²) in [5.74, 6) is 0.150. The van der Waals surface area contributed by atoms with Crippen LogP contribution < -0.4 is 5.32 Å². The number of hydrogen-bond acceptors (Lipinski definition) is 6. The van der Waals surface area contributed by atoms with E-state index in [9.17, 15) is 14.7 Å². The Kier molecular flexibility index (Phi) is 5.55. The summed E-state index contributed by atoms with van der Waals surface area (Å²) in [7, 11) is 0. The molecule has 2 aromatic rings. The molecular weight excluding hydrogens is 348 g/mol. The number of nitrogens with one attached hydrogen (secondary N) is 1. The molecule has 1 unspecified atom stereocenters. The Morgan fingerprint density at radius 3 is 2.70 bits per heavy atom. The summed E-state index contributed by atoms with van der Waals surface area (Å²) in [6.45, 7) is 5.37. The first-order valence-electron chi connectivity index (χ1n) is 9.07. The molecule has 0 aliphatic carbocycles. The molecule has 2 heterocycles. The normalized spacial score (nSPS) is 20.5. The van der Waals surface area contributed by atoms with Gasteiger partial charge in [0, 0.05) is 25.5 Å². The van der Waals surface area contributed by atoms with E-state index < -0.39 is 18.2 Å². The fourth-order valence-corrected chi connectivity index (χ4v) is 3.20. The van der Waals surface area contributed by atoms with E-state index in [-0.39, 0.29) is 30.7 Å². The van der Waals surface area contributed by atoms with Gasteiger partial charge in [-0.25, -0.2) is 0 Å². The largest absolute Gasteiger partial charge is 0.391 e. The molecule has 1 aromatic carbocycles. The number of likely N-dealkylation sites (tertiary alicyclic amines) is 1. The number of aryl methyl sites for hydroxylation is 1. The zero-order chi connectivity index (χ0) is 19.6. The van der Waals surface area contributed by atoms with E-state index in [0.717, 1.165) is 12.0 Å². The summed E-state index contributed by atoms with van der Waals surface area (Å²) in [5, 5.41) is 16.5. The molecule has 0 saturated carbocycles. The smallest absolute Gasteiger partial charge is 0.249 e. The first-order chi connectivity index (χ1) is 12.9. The van der Waals surface area contributed by atoms with Crippen LogP contribution in [0.5, 0.6) is 0 Å². The second-order valence-electron chi connectivity index (χ2n) is 6.81. The second-order valence-corrected chi connectivity index (χ2v) is 6.81. The first-order valence-corrected chi connectivity index (χ1v) is 9.07. The number of carbonyl (C=O) groups excluding carboxylic acids is 2. The monoisotopic (exact) mass is 372 g/mol. The van der Waals surface area contributed by atoms with Crippen molar-refractivity contribution in [1.82, 2.24) is 20.4 Å². The molecule has 1 saturated heterocycles. The topological polar surface area (TPSA) is 109 Å². The second kappa shape index (κ2) is 7.87. The summed E-state index contributed by atoms with van der Waals surface area (Å²) in [5.41, 5.74) is 2.05. The standard InChI is InChI=1S/C19H24N4O4/c1-4-13-5-7-14(8-6-13)17-21-19(27-22-17)11(2)20-18(26)16-9-15(25)10-23(16)12(3)24/h5-8,11,15-16,25H,4,9-10H2,1-3H3,(H,20,26)/t11?,15-,16-/m1/s1. The number of nitrogens with zero attached hydrogens (tertiary/aromatic N) is 3. The Balaban J connectivity index is 1.67. The minimum Gasteiger partial charge on any atom is -0.391 e. The average molecular weight is 372 g/mol. The minimum absolute atomic E-state index is 0.167. The predicted molar refractivity (Wildman–Crippen MR) is 97.5 cm³/mol. The number of aliphatic hydroxyl groups excluding tert-OH is 1. The van der Waals surface area contributed by atoms with Crippen molar-refractivity contribution in [3.8, 4) is 11.4 Å². The Hall–Kier alpha value is -2.74. The van der Waals surface area contributed by atoms with Crippen molar-refractivity contribution in [3.63, 3.8) is 0 Å². The van der Waals surface area contributed by atoms with E-state index in [1.165, 1.54) is 17.4 Å². The molecular formula is C19H24N4O4. The van der Waals surface area contributed by atoms with Gasteiger partial charge in [0.15, 0.2) is 0 Å². The Morgan fingerprint density at radius 2 is 2.07 bits per heavy atom. The maximum absolute atomic E-state index is 12.5. The Bertz CT molecular complexity index is 817. The van der Waals surface area contributed by atoms with Crippen LogP contribution in [0, 0.1) is 0 Å². The van der Waals surface area contributed by atoms with Crippen molar-refractivity contribution in [2.45, 2.75) is 51.8 Å². The van der Waals surface area contributed by atoms with Gasteiger partial charge in [-0.05, 0) is 18.9 Å². The molecule has 0 bridgehead atoms. The molecule has 2 amide bonds. The highest BCUT2D eigenvalue weighted by Crippen LogP contribution is 2.22. The van der Waals surface area contributed by atoms with Crippen LogP contribution in [0.3, 0.4) is 0 Å². The molecule has 27 heavy (non-hydrogen) atoms. The highest BCUT2D eigenvalue weighted by Gasteiger charge is 2.38. The predicted octanol–water partition coefficient (Wildman–Crippen LogP) is 1.46. The number of amides is 2. The average Bonchev–Trinajstić information content (AvgIpc) is 3.29. The van der Waals surface area contributed by atoms with Gasteiger partial charge >= 0.3 is 0 Å². The third kappa shape index (κ3) is 4.16. The number of aromatic nitrogens is 2. The third-order valence-electron chi connectivity index (χ3n) is 4.78. The van der Waals surface area contributed by atoms with Gasteiger partial charge in [-0.15, -0.1) is 0 Å². The SMILES string of the molecule is CCc1ccc(-c2noc(C(C)NC(=O)[C@H]3C[C@@H](O)CN3C(C)=O)n2)cc1. The summed E-state index contributed by atoms with van der Waals surface area (Å²) >= 11 is 0. The first kappa shape index (κ1) is 19.0. The lowest BCUT2D eigenvalue weighted by molar-refractivity contribution is -0.137. The summed E-state index contributed by atoms with van der Waals surface area (Å²) in [6, 6.07) is 6.68. The van der Waals surface area contributed by atoms with Crippen molar-refractivity contribution in [1.29, 1.82) is 0 Å². The number of benzene rings is 1. The molecule has 3 rings (SSSR count). The van der Waals surface area contributed by atoms with Crippen LogP contribution in [0.25, 0.3) is 11.4 Å². The molecule has 2 N–H and O–H groups in total. The van der Waals surface area contributed by atoms with Crippen molar-refractivity contribution >= 4 is 11.8 Å². The fraction of sp³-hybridized carbons (Fsp3) is 0.474. The van der Waals surface area contributed by atoms with Gasteiger partial charge in [0.2, 0.25) is 23.5 Å². The Labute approximate surface area is 157 Å². The van der Waals surface area contributed by atoms with E-state index >= 15 is 0 Å². The molecule has 144 valence electrons. The summed E-state index contributed by atoms with van der Waals surface area (Å²) in [6.07, 6.45) is 0.478. The molecule has 0 spiro atoms. The molecule has 1 fully saturated rings. The van der Waals surface area contributed by atoms with Crippen molar-refractivity contribution in [3.05, 3.63) is 35.7 Å². The lowest BCUT2D eigenvalue weighted by Gasteiger charge is -2.23. The van der Waals surface area contributed by atoms with Crippen LogP contribution in [-0.2, 0) is 16.0 Å². The van der Waals surface area contributed by atoms with Crippen molar-refractivity contribution in [2.75, 3.05) is 6.54 Å². The van der Waals surface area contributed by atoms with E-state index in [4.69, 9.17) is 4.52 Å². The molecule has 1 aliphatic rings. The summed E-state index contributed by atoms with van der Waals surface area (Å²) in [4.78, 5) is 29.9. The molecule has 0 radical (unpaired) electrons. The van der Waals surface area contributed by atoms with Crippen molar-refractivity contribution < 1.29 is 19.2 Å². The van der Waals surface area contributed by atoms with E-state index in [0.29, 0.717) is 5.82 Å². The van der Waals surface area contributed by atoms with Crippen molar-refractivity contribution in [2.24, 2.45) is 0 Å². The van der Waals surface area contributed by atoms with Crippen LogP contribution in [0.2, 0.25) is 0 Å². The van der Waals surface area contributed by atoms with Gasteiger partial charge in [0.25, 0.3) is 0 Å². The van der Waals surface area contributed by atoms with Gasteiger partial charge in [-0.2, -0.15) is 4.98 Å². The van der Waals surface area contributed by atoms with Gasteiger partial charge in [0.05, 0.1) is 6.10 Å². The lowest BCUT2D eigenvalue weighted by Crippen LogP contribution is -2.45. The molecule has 3 atom stereocenters. The van der Waals surface area contributed by atoms with Crippen LogP contribution in [0.4, 0.5) is 0 Å². The van der Waals surface area contributed by atoms with Gasteiger partial charge < -0.3 is 19.8 Å². The highest BCUT2D eigenvalue weighted by molar-refractivity contribution is 5.87. The maximum atomic E-state index is 12.5. The Morgan fingerprint density at radius 1 is 1.37 bits per heavy atom. The number of aliphatic hydroxyl groups is 1. The molecule has 8 heteroatoms. The molecule has 8 nitrogen and oxygen atoms in total. The lowest BCUT2D eigenvalue weighted by atomic mass is 10.1. The van der Waals surface area contributed by atoms with Crippen LogP contribution in [0.15, 0.2) is 28.8 Å². The van der Waals surface area contributed by atoms with E-state index in [1.54, 1.807) is 6.92 Å². The number of β-amino-alcohol motifs (C(OH)–C–C–N with tert-alkyl or cyclic N) is 1. The maximum Gasteiger partial charge on any atom is 0.249 e. The quantitative estimate of drug-likeness (QED) is 0.822. The zero-order valence-electron chi connectivity index (χ0n) is 15.7. The number of rotatable bonds is 5. The molecule has 1 aromatic heterocycles. The van der Waals surface area contributed by atoms with Gasteiger partial charge in [-0.3, -0.25) is 9.59 Å². The minimum atomic E-state index is -0.693. The van der Waals surface area contributed by atoms with Gasteiger partial charge in [-0.1, -0.05) is 36.3 Å². The van der Waals surface area contributed by atoms with Crippen LogP contribution in [-0.4, -0.2) is 50.7 Å². The number of hydrogen-bond donors (Lipinski definition) is 2. The van der Waals surface area contributed by atoms with Crippen LogP contribution in [0.1, 0.15) is 44.7 Å². The molecule has 1 aliphatic heterocycles. The van der Waals surface area contributed by atoms with Crippen LogP contribution >= 0.6 is 0 Å². The number of carbonyl (C=O) groups is 2. The fourth-order valence-electron chi connectivity index (χ4n) is 3.20. The van der Waals surface area contributed by atoms with Gasteiger partial charge in [0.1, 0.15) is 12.1 Å². The van der Waals surface area contributed by atoms with E-state index in [2.05, 4.69) is 22.4 Å². The zero-order valence-corrected chi connectivity index (χ0v) is 15.7. The third-order valence-corrected chi connectivity index (χ3v) is 4.78. The highest BCUT2D eigenvalue weighted by atomic mass is 16.5. The van der Waals surface area contributed by atoms with E-state index in [1.807, 2.05) is 24.3 Å². The summed E-state index contributed by atoms with van der Waals surface area (Å²) < 4.78 is 5.29.